The molecule has 1 aromatic heterocycles. The molecule has 0 saturated heterocycles. The van der Waals surface area contributed by atoms with Crippen LogP contribution in [0.5, 0.6) is 11.5 Å². The van der Waals surface area contributed by atoms with Gasteiger partial charge >= 0.3 is 5.97 Å². The van der Waals surface area contributed by atoms with E-state index in [9.17, 15) is 15.0 Å². The number of hydrogen-bond acceptors (Lipinski definition) is 3. The molecule has 0 aliphatic heterocycles. The Hall–Kier alpha value is -3.73. The summed E-state index contributed by atoms with van der Waals surface area (Å²) < 4.78 is 7.71. The normalized spacial score (nSPS) is 13.8. The Bertz CT molecular complexity index is 1390. The summed E-state index contributed by atoms with van der Waals surface area (Å²) in [5, 5.41) is 21.5. The van der Waals surface area contributed by atoms with Gasteiger partial charge in [0.15, 0.2) is 0 Å². The third kappa shape index (κ3) is 4.76. The van der Waals surface area contributed by atoms with E-state index in [1.807, 2.05) is 47.0 Å². The second-order valence-corrected chi connectivity index (χ2v) is 10.5. The second-order valence-electron chi connectivity index (χ2n) is 10.5. The standard InChI is InChI=1S/C30H31NO4/c1-30(2,3)22-12-10-21(11-13-22)27-25-6-4-5-7-26(25)31(28(27)29(33)34)17-20-14-23(32)16-24(15-20)35-18-19-8-9-19/h4-7,10-16,19,32H,8-9,17-18H2,1-3H3,(H,33,34). The van der Waals surface area contributed by atoms with E-state index in [2.05, 4.69) is 32.9 Å². The number of aromatic hydroxyl groups is 1. The van der Waals surface area contributed by atoms with Gasteiger partial charge in [-0.1, -0.05) is 63.2 Å². The van der Waals surface area contributed by atoms with E-state index in [0.717, 1.165) is 22.0 Å². The summed E-state index contributed by atoms with van der Waals surface area (Å²) in [6, 6.07) is 21.1. The molecule has 0 atom stereocenters. The molecule has 3 aromatic carbocycles. The number of hydrogen-bond donors (Lipinski definition) is 2. The first-order chi connectivity index (χ1) is 16.7. The van der Waals surface area contributed by atoms with Gasteiger partial charge in [0.05, 0.1) is 6.61 Å². The fourth-order valence-electron chi connectivity index (χ4n) is 4.62. The molecule has 1 aliphatic carbocycles. The van der Waals surface area contributed by atoms with Gasteiger partial charge in [0.25, 0.3) is 0 Å². The van der Waals surface area contributed by atoms with Crippen LogP contribution in [0.2, 0.25) is 0 Å². The molecule has 1 heterocycles. The molecule has 5 rings (SSSR count). The molecule has 0 amide bonds. The quantitative estimate of drug-likeness (QED) is 0.311. The molecule has 1 aliphatic rings. The highest BCUT2D eigenvalue weighted by atomic mass is 16.5. The first-order valence-electron chi connectivity index (χ1n) is 12.1. The maximum atomic E-state index is 12.6. The Morgan fingerprint density at radius 3 is 2.40 bits per heavy atom. The van der Waals surface area contributed by atoms with E-state index in [4.69, 9.17) is 4.74 Å². The summed E-state index contributed by atoms with van der Waals surface area (Å²) in [6.45, 7) is 7.43. The molecular weight excluding hydrogens is 438 g/mol. The second kappa shape index (κ2) is 8.81. The Morgan fingerprint density at radius 1 is 1.03 bits per heavy atom. The molecule has 4 aromatic rings. The summed E-state index contributed by atoms with van der Waals surface area (Å²) in [4.78, 5) is 12.6. The number of fused-ring (bicyclic) bond motifs is 1. The molecule has 35 heavy (non-hydrogen) atoms. The predicted molar refractivity (Wildman–Crippen MR) is 138 cm³/mol. The fraction of sp³-hybridized carbons (Fsp3) is 0.300. The molecule has 2 N–H and O–H groups in total. The van der Waals surface area contributed by atoms with Crippen LogP contribution in [0.4, 0.5) is 0 Å². The SMILES string of the molecule is CC(C)(C)c1ccc(-c2c(C(=O)O)n(Cc3cc(O)cc(OCC4CC4)c3)c3ccccc23)cc1. The van der Waals surface area contributed by atoms with Crippen molar-refractivity contribution in [1.29, 1.82) is 0 Å². The smallest absolute Gasteiger partial charge is 0.353 e. The number of rotatable bonds is 7. The number of carboxylic acids is 1. The van der Waals surface area contributed by atoms with Crippen molar-refractivity contribution in [3.8, 4) is 22.6 Å². The van der Waals surface area contributed by atoms with Crippen LogP contribution < -0.4 is 4.74 Å². The van der Waals surface area contributed by atoms with Crippen molar-refractivity contribution >= 4 is 16.9 Å². The maximum absolute atomic E-state index is 12.6. The number of aromatic carboxylic acids is 1. The number of phenols is 1. The number of nitrogens with zero attached hydrogens (tertiary/aromatic N) is 1. The highest BCUT2D eigenvalue weighted by Gasteiger charge is 2.25. The van der Waals surface area contributed by atoms with Gasteiger partial charge in [-0.3, -0.25) is 0 Å². The number of carbonyl (C=O) groups is 1. The Kier molecular flexibility index (Phi) is 5.79. The zero-order chi connectivity index (χ0) is 24.7. The summed E-state index contributed by atoms with van der Waals surface area (Å²) in [7, 11) is 0. The van der Waals surface area contributed by atoms with Crippen LogP contribution in [0.15, 0.2) is 66.7 Å². The number of benzene rings is 3. The van der Waals surface area contributed by atoms with Crippen LogP contribution in [0.25, 0.3) is 22.0 Å². The first-order valence-corrected chi connectivity index (χ1v) is 12.1. The van der Waals surface area contributed by atoms with E-state index in [1.54, 1.807) is 12.1 Å². The van der Waals surface area contributed by atoms with Crippen molar-refractivity contribution in [2.75, 3.05) is 6.61 Å². The van der Waals surface area contributed by atoms with Gasteiger partial charge in [-0.2, -0.15) is 0 Å². The van der Waals surface area contributed by atoms with Crippen molar-refractivity contribution in [3.05, 3.63) is 83.6 Å². The molecule has 0 unspecified atom stereocenters. The highest BCUT2D eigenvalue weighted by molar-refractivity contribution is 6.08. The first kappa shape index (κ1) is 23.0. The minimum absolute atomic E-state index is 0.0107. The minimum Gasteiger partial charge on any atom is -0.508 e. The lowest BCUT2D eigenvalue weighted by molar-refractivity contribution is 0.0687. The van der Waals surface area contributed by atoms with Crippen LogP contribution in [0, 0.1) is 5.92 Å². The van der Waals surface area contributed by atoms with Crippen molar-refractivity contribution in [2.24, 2.45) is 5.92 Å². The largest absolute Gasteiger partial charge is 0.508 e. The summed E-state index contributed by atoms with van der Waals surface area (Å²) >= 11 is 0. The van der Waals surface area contributed by atoms with Gasteiger partial charge in [0.2, 0.25) is 0 Å². The minimum atomic E-state index is -0.985. The zero-order valence-corrected chi connectivity index (χ0v) is 20.4. The summed E-state index contributed by atoms with van der Waals surface area (Å²) in [6.07, 6.45) is 2.37. The lowest BCUT2D eigenvalue weighted by Crippen LogP contribution is -2.11. The number of para-hydroxylation sites is 1. The van der Waals surface area contributed by atoms with Crippen LogP contribution in [-0.4, -0.2) is 27.4 Å². The van der Waals surface area contributed by atoms with Gasteiger partial charge < -0.3 is 19.5 Å². The molecule has 5 nitrogen and oxygen atoms in total. The number of phenolic OH excluding ortho intramolecular Hbond substituents is 1. The van der Waals surface area contributed by atoms with Crippen LogP contribution in [0.3, 0.4) is 0 Å². The lowest BCUT2D eigenvalue weighted by atomic mass is 9.86. The van der Waals surface area contributed by atoms with Gasteiger partial charge in [0, 0.05) is 29.1 Å². The fourth-order valence-corrected chi connectivity index (χ4v) is 4.62. The number of carboxylic acid groups (broad SMARTS) is 1. The molecular formula is C30H31NO4. The maximum Gasteiger partial charge on any atom is 0.353 e. The van der Waals surface area contributed by atoms with Crippen LogP contribution >= 0.6 is 0 Å². The van der Waals surface area contributed by atoms with Gasteiger partial charge in [-0.25, -0.2) is 4.79 Å². The Morgan fingerprint density at radius 2 is 1.74 bits per heavy atom. The topological polar surface area (TPSA) is 71.7 Å². The van der Waals surface area contributed by atoms with E-state index < -0.39 is 5.97 Å². The molecule has 1 saturated carbocycles. The third-order valence-corrected chi connectivity index (χ3v) is 6.69. The summed E-state index contributed by atoms with van der Waals surface area (Å²) in [5.74, 6) is 0.333. The Balaban J connectivity index is 1.60. The van der Waals surface area contributed by atoms with E-state index >= 15 is 0 Å². The van der Waals surface area contributed by atoms with E-state index in [-0.39, 0.29) is 16.9 Å². The van der Waals surface area contributed by atoms with Crippen LogP contribution in [0.1, 0.15) is 55.2 Å². The molecule has 0 radical (unpaired) electrons. The van der Waals surface area contributed by atoms with Crippen molar-refractivity contribution in [1.82, 2.24) is 4.57 Å². The number of ether oxygens (including phenoxy) is 1. The predicted octanol–water partition coefficient (Wildman–Crippen LogP) is 6.85. The molecule has 0 spiro atoms. The molecule has 0 bridgehead atoms. The van der Waals surface area contributed by atoms with Crippen molar-refractivity contribution < 1.29 is 19.7 Å². The van der Waals surface area contributed by atoms with Crippen molar-refractivity contribution in [3.63, 3.8) is 0 Å². The number of aromatic nitrogens is 1. The average molecular weight is 470 g/mol. The lowest BCUT2D eigenvalue weighted by Gasteiger charge is -2.19. The monoisotopic (exact) mass is 469 g/mol. The van der Waals surface area contributed by atoms with E-state index in [0.29, 0.717) is 30.4 Å². The Labute approximate surface area is 205 Å². The van der Waals surface area contributed by atoms with E-state index in [1.165, 1.54) is 18.4 Å². The van der Waals surface area contributed by atoms with Crippen molar-refractivity contribution in [2.45, 2.75) is 45.6 Å². The average Bonchev–Trinajstić information content (AvgIpc) is 3.58. The third-order valence-electron chi connectivity index (χ3n) is 6.69. The summed E-state index contributed by atoms with van der Waals surface area (Å²) in [5.41, 5.74) is 4.64. The van der Waals surface area contributed by atoms with Gasteiger partial charge in [0.1, 0.15) is 17.2 Å². The van der Waals surface area contributed by atoms with Gasteiger partial charge in [-0.15, -0.1) is 0 Å². The highest BCUT2D eigenvalue weighted by Crippen LogP contribution is 2.37. The zero-order valence-electron chi connectivity index (χ0n) is 20.4. The molecule has 180 valence electrons. The molecule has 5 heteroatoms. The molecule has 1 fully saturated rings. The van der Waals surface area contributed by atoms with Crippen LogP contribution in [-0.2, 0) is 12.0 Å². The van der Waals surface area contributed by atoms with Gasteiger partial charge in [-0.05, 0) is 59.1 Å².